The Morgan fingerprint density at radius 1 is 1.06 bits per heavy atom. The Labute approximate surface area is 203 Å². The van der Waals surface area contributed by atoms with Crippen LogP contribution in [0.25, 0.3) is 11.1 Å². The predicted octanol–water partition coefficient (Wildman–Crippen LogP) is 4.30. The number of hydrogen-bond donors (Lipinski definition) is 2. The highest BCUT2D eigenvalue weighted by Crippen LogP contribution is 2.29. The van der Waals surface area contributed by atoms with Crippen molar-refractivity contribution in [1.29, 1.82) is 0 Å². The first-order valence-electron chi connectivity index (χ1n) is 12.4. The SMILES string of the molecule is Cc1ccc(-c2ccccc2CC2CCCN(CCCCCNC(=O)COCC(=O)O)C2)cc1. The van der Waals surface area contributed by atoms with Crippen molar-refractivity contribution in [2.45, 2.75) is 45.4 Å². The average Bonchev–Trinajstić information content (AvgIpc) is 2.82. The van der Waals surface area contributed by atoms with Crippen LogP contribution in [0.4, 0.5) is 0 Å². The number of nitrogens with one attached hydrogen (secondary N) is 1. The average molecular weight is 467 g/mol. The van der Waals surface area contributed by atoms with Crippen LogP contribution >= 0.6 is 0 Å². The van der Waals surface area contributed by atoms with Crippen LogP contribution in [0.1, 0.15) is 43.2 Å². The molecule has 1 fully saturated rings. The maximum absolute atomic E-state index is 11.6. The van der Waals surface area contributed by atoms with E-state index in [2.05, 4.69) is 65.7 Å². The fourth-order valence-corrected chi connectivity index (χ4v) is 4.69. The molecule has 6 heteroatoms. The Bertz CT molecular complexity index is 913. The second-order valence-corrected chi connectivity index (χ2v) is 9.33. The van der Waals surface area contributed by atoms with Gasteiger partial charge >= 0.3 is 5.97 Å². The molecule has 0 aliphatic carbocycles. The van der Waals surface area contributed by atoms with E-state index in [-0.39, 0.29) is 12.5 Å². The van der Waals surface area contributed by atoms with Crippen LogP contribution in [-0.4, -0.2) is 61.3 Å². The lowest BCUT2D eigenvalue weighted by atomic mass is 9.87. The smallest absolute Gasteiger partial charge is 0.329 e. The lowest BCUT2D eigenvalue weighted by molar-refractivity contribution is -0.143. The van der Waals surface area contributed by atoms with Crippen LogP contribution in [0.3, 0.4) is 0 Å². The number of piperidine rings is 1. The van der Waals surface area contributed by atoms with E-state index in [0.29, 0.717) is 12.5 Å². The number of carboxylic acid groups (broad SMARTS) is 1. The Morgan fingerprint density at radius 3 is 2.65 bits per heavy atom. The molecule has 1 aliphatic heterocycles. The van der Waals surface area contributed by atoms with E-state index in [4.69, 9.17) is 9.84 Å². The first-order valence-corrected chi connectivity index (χ1v) is 12.4. The van der Waals surface area contributed by atoms with Gasteiger partial charge in [0, 0.05) is 13.1 Å². The van der Waals surface area contributed by atoms with Gasteiger partial charge in [-0.05, 0) is 74.7 Å². The van der Waals surface area contributed by atoms with Gasteiger partial charge in [-0.2, -0.15) is 0 Å². The molecule has 184 valence electrons. The Kier molecular flexibility index (Phi) is 10.6. The van der Waals surface area contributed by atoms with Gasteiger partial charge in [-0.15, -0.1) is 0 Å². The van der Waals surface area contributed by atoms with Crippen molar-refractivity contribution in [3.8, 4) is 11.1 Å². The zero-order valence-electron chi connectivity index (χ0n) is 20.3. The van der Waals surface area contributed by atoms with Crippen molar-refractivity contribution >= 4 is 11.9 Å². The zero-order valence-corrected chi connectivity index (χ0v) is 20.3. The molecule has 2 N–H and O–H groups in total. The summed E-state index contributed by atoms with van der Waals surface area (Å²) in [5.74, 6) is -0.639. The minimum absolute atomic E-state index is 0.200. The Hall–Kier alpha value is -2.70. The van der Waals surface area contributed by atoms with Gasteiger partial charge in [-0.1, -0.05) is 60.5 Å². The predicted molar refractivity (Wildman–Crippen MR) is 135 cm³/mol. The largest absolute Gasteiger partial charge is 0.480 e. The van der Waals surface area contributed by atoms with Gasteiger partial charge in [0.25, 0.3) is 0 Å². The summed E-state index contributed by atoms with van der Waals surface area (Å²) in [6.07, 6.45) is 6.77. The highest BCUT2D eigenvalue weighted by molar-refractivity contribution is 5.77. The van der Waals surface area contributed by atoms with E-state index in [0.717, 1.165) is 38.8 Å². The molecule has 0 spiro atoms. The number of carbonyl (C=O) groups is 2. The lowest BCUT2D eigenvalue weighted by Crippen LogP contribution is -2.37. The molecule has 0 aromatic heterocycles. The standard InChI is InChI=1S/C28H38N2O4/c1-22-11-13-24(14-12-22)26-10-4-3-9-25(26)18-23-8-7-17-30(19-23)16-6-2-5-15-29-27(31)20-34-21-28(32)33/h3-4,9-14,23H,2,5-8,15-21H2,1H3,(H,29,31)(H,32,33). The third-order valence-corrected chi connectivity index (χ3v) is 6.42. The molecule has 2 aromatic rings. The van der Waals surface area contributed by atoms with Gasteiger partial charge in [0.15, 0.2) is 0 Å². The van der Waals surface area contributed by atoms with Gasteiger partial charge in [0.05, 0.1) is 0 Å². The first-order chi connectivity index (χ1) is 16.5. The number of unbranched alkanes of at least 4 members (excludes halogenated alkanes) is 2. The summed E-state index contributed by atoms with van der Waals surface area (Å²) in [5.41, 5.74) is 5.39. The minimum Gasteiger partial charge on any atom is -0.480 e. The quantitative estimate of drug-likeness (QED) is 0.430. The van der Waals surface area contributed by atoms with Gasteiger partial charge in [0.1, 0.15) is 13.2 Å². The van der Waals surface area contributed by atoms with Crippen LogP contribution in [0.2, 0.25) is 0 Å². The maximum Gasteiger partial charge on any atom is 0.329 e. The van der Waals surface area contributed by atoms with Gasteiger partial charge in [-0.3, -0.25) is 4.79 Å². The molecule has 1 heterocycles. The number of aliphatic carboxylic acids is 1. The van der Waals surface area contributed by atoms with Crippen LogP contribution in [0.15, 0.2) is 48.5 Å². The minimum atomic E-state index is -1.07. The van der Waals surface area contributed by atoms with Gasteiger partial charge < -0.3 is 20.1 Å². The van der Waals surface area contributed by atoms with Gasteiger partial charge in [0.2, 0.25) is 5.91 Å². The molecule has 0 saturated carbocycles. The number of ether oxygens (including phenoxy) is 1. The zero-order chi connectivity index (χ0) is 24.2. The third kappa shape index (κ3) is 8.92. The maximum atomic E-state index is 11.6. The summed E-state index contributed by atoms with van der Waals surface area (Å²) < 4.78 is 4.79. The number of amides is 1. The fourth-order valence-electron chi connectivity index (χ4n) is 4.69. The first kappa shape index (κ1) is 25.9. The van der Waals surface area contributed by atoms with Crippen molar-refractivity contribution in [3.63, 3.8) is 0 Å². The summed E-state index contributed by atoms with van der Waals surface area (Å²) in [4.78, 5) is 24.6. The van der Waals surface area contributed by atoms with Crippen LogP contribution < -0.4 is 5.32 Å². The van der Waals surface area contributed by atoms with E-state index in [1.165, 1.54) is 41.6 Å². The molecule has 34 heavy (non-hydrogen) atoms. The van der Waals surface area contributed by atoms with E-state index in [1.807, 2.05) is 0 Å². The van der Waals surface area contributed by atoms with E-state index >= 15 is 0 Å². The summed E-state index contributed by atoms with van der Waals surface area (Å²) in [6.45, 7) is 5.52. The van der Waals surface area contributed by atoms with Crippen molar-refractivity contribution < 1.29 is 19.4 Å². The summed E-state index contributed by atoms with van der Waals surface area (Å²) in [6, 6.07) is 17.7. The number of aryl methyl sites for hydroxylation is 1. The molecule has 1 amide bonds. The molecule has 1 saturated heterocycles. The third-order valence-electron chi connectivity index (χ3n) is 6.42. The second-order valence-electron chi connectivity index (χ2n) is 9.33. The molecule has 1 unspecified atom stereocenters. The van der Waals surface area contributed by atoms with Crippen LogP contribution in [0, 0.1) is 12.8 Å². The number of carboxylic acids is 1. The number of rotatable bonds is 13. The van der Waals surface area contributed by atoms with Crippen molar-refractivity contribution in [2.24, 2.45) is 5.92 Å². The molecule has 1 atom stereocenters. The Morgan fingerprint density at radius 2 is 1.85 bits per heavy atom. The molecule has 6 nitrogen and oxygen atoms in total. The van der Waals surface area contributed by atoms with Gasteiger partial charge in [-0.25, -0.2) is 4.79 Å². The van der Waals surface area contributed by atoms with E-state index < -0.39 is 12.6 Å². The molecule has 3 rings (SSSR count). The number of nitrogens with zero attached hydrogens (tertiary/aromatic N) is 1. The molecular formula is C28H38N2O4. The summed E-state index contributed by atoms with van der Waals surface area (Å²) >= 11 is 0. The number of hydrogen-bond acceptors (Lipinski definition) is 4. The monoisotopic (exact) mass is 466 g/mol. The molecule has 0 bridgehead atoms. The van der Waals surface area contributed by atoms with Crippen LogP contribution in [0.5, 0.6) is 0 Å². The normalized spacial score (nSPS) is 16.3. The van der Waals surface area contributed by atoms with E-state index in [9.17, 15) is 9.59 Å². The van der Waals surface area contributed by atoms with Crippen molar-refractivity contribution in [2.75, 3.05) is 39.4 Å². The fraction of sp³-hybridized carbons (Fsp3) is 0.500. The highest BCUT2D eigenvalue weighted by atomic mass is 16.5. The Balaban J connectivity index is 1.36. The van der Waals surface area contributed by atoms with Crippen LogP contribution in [-0.2, 0) is 20.7 Å². The molecule has 1 aliphatic rings. The number of likely N-dealkylation sites (tertiary alicyclic amines) is 1. The molecular weight excluding hydrogens is 428 g/mol. The topological polar surface area (TPSA) is 78.9 Å². The van der Waals surface area contributed by atoms with E-state index in [1.54, 1.807) is 0 Å². The summed E-state index contributed by atoms with van der Waals surface area (Å²) in [5, 5.41) is 11.3. The second kappa shape index (κ2) is 13.9. The summed E-state index contributed by atoms with van der Waals surface area (Å²) in [7, 11) is 0. The van der Waals surface area contributed by atoms with Crippen molar-refractivity contribution in [3.05, 3.63) is 59.7 Å². The highest BCUT2D eigenvalue weighted by Gasteiger charge is 2.21. The molecule has 0 radical (unpaired) electrons. The van der Waals surface area contributed by atoms with Crippen molar-refractivity contribution in [1.82, 2.24) is 10.2 Å². The number of carbonyl (C=O) groups excluding carboxylic acids is 1. The lowest BCUT2D eigenvalue weighted by Gasteiger charge is -2.33. The number of benzene rings is 2. The molecule has 2 aromatic carbocycles.